The summed E-state index contributed by atoms with van der Waals surface area (Å²) in [6, 6.07) is 0. The van der Waals surface area contributed by atoms with Gasteiger partial charge in [0.25, 0.3) is 0 Å². The highest BCUT2D eigenvalue weighted by molar-refractivity contribution is 7.13. The molecule has 0 saturated carbocycles. The van der Waals surface area contributed by atoms with Gasteiger partial charge in [0, 0.05) is 19.0 Å². The summed E-state index contributed by atoms with van der Waals surface area (Å²) in [6.07, 6.45) is 1.82. The van der Waals surface area contributed by atoms with Crippen molar-refractivity contribution < 1.29 is 9.59 Å². The van der Waals surface area contributed by atoms with E-state index in [1.807, 2.05) is 6.92 Å². The molecule has 13 heavy (non-hydrogen) atoms. The molecular weight excluding hydrogens is 188 g/mol. The van der Waals surface area contributed by atoms with E-state index < -0.39 is 5.91 Å². The first-order valence-corrected chi connectivity index (χ1v) is 4.65. The van der Waals surface area contributed by atoms with Crippen molar-refractivity contribution in [3.8, 4) is 0 Å². The molecule has 5 heteroatoms. The van der Waals surface area contributed by atoms with Crippen molar-refractivity contribution in [2.75, 3.05) is 0 Å². The highest BCUT2D eigenvalue weighted by atomic mass is 32.1. The van der Waals surface area contributed by atoms with Gasteiger partial charge in [-0.05, 0) is 6.92 Å². The van der Waals surface area contributed by atoms with Crippen molar-refractivity contribution in [3.05, 3.63) is 16.1 Å². The molecule has 70 valence electrons. The number of hydrogen-bond acceptors (Lipinski definition) is 4. The van der Waals surface area contributed by atoms with Crippen LogP contribution in [0.4, 0.5) is 0 Å². The monoisotopic (exact) mass is 198 g/mol. The van der Waals surface area contributed by atoms with Gasteiger partial charge in [0.15, 0.2) is 5.78 Å². The van der Waals surface area contributed by atoms with E-state index in [4.69, 9.17) is 5.73 Å². The predicted octanol–water partition coefficient (Wildman–Crippen LogP) is 0.900. The number of amides is 1. The summed E-state index contributed by atoms with van der Waals surface area (Å²) in [4.78, 5) is 26.3. The molecule has 1 rings (SSSR count). The fourth-order valence-corrected chi connectivity index (χ4v) is 1.60. The van der Waals surface area contributed by atoms with Gasteiger partial charge in [0.05, 0.1) is 9.88 Å². The van der Waals surface area contributed by atoms with Gasteiger partial charge in [-0.1, -0.05) is 0 Å². The Bertz CT molecular complexity index is 333. The minimum absolute atomic E-state index is 0.0654. The number of aryl methyl sites for hydroxylation is 1. The Labute approximate surface area is 79.8 Å². The number of rotatable bonds is 4. The summed E-state index contributed by atoms with van der Waals surface area (Å²) in [7, 11) is 0. The lowest BCUT2D eigenvalue weighted by Crippen LogP contribution is -2.12. The summed E-state index contributed by atoms with van der Waals surface area (Å²) in [5.41, 5.74) is 4.92. The highest BCUT2D eigenvalue weighted by Crippen LogP contribution is 2.14. The van der Waals surface area contributed by atoms with Gasteiger partial charge in [-0.3, -0.25) is 9.59 Å². The van der Waals surface area contributed by atoms with Gasteiger partial charge in [-0.2, -0.15) is 0 Å². The summed E-state index contributed by atoms with van der Waals surface area (Å²) in [6.45, 7) is 1.83. The maximum absolute atomic E-state index is 11.3. The molecule has 1 aromatic rings. The third kappa shape index (κ3) is 2.95. The molecule has 0 aliphatic heterocycles. The molecule has 2 N–H and O–H groups in total. The molecular formula is C8H10N2O2S. The number of primary amides is 1. The Morgan fingerprint density at radius 3 is 2.69 bits per heavy atom. The average molecular weight is 198 g/mol. The minimum Gasteiger partial charge on any atom is -0.370 e. The van der Waals surface area contributed by atoms with Crippen molar-refractivity contribution in [1.82, 2.24) is 4.98 Å². The molecule has 0 unspecified atom stereocenters. The Hall–Kier alpha value is -1.23. The van der Waals surface area contributed by atoms with E-state index in [1.54, 1.807) is 0 Å². The molecule has 1 amide bonds. The molecule has 4 nitrogen and oxygen atoms in total. The molecule has 0 saturated heterocycles. The first-order valence-electron chi connectivity index (χ1n) is 3.83. The van der Waals surface area contributed by atoms with Crippen molar-refractivity contribution in [2.45, 2.75) is 19.8 Å². The maximum Gasteiger partial charge on any atom is 0.217 e. The van der Waals surface area contributed by atoms with E-state index in [0.717, 1.165) is 5.01 Å². The average Bonchev–Trinajstić information content (AvgIpc) is 2.47. The second-order valence-corrected chi connectivity index (χ2v) is 3.87. The molecule has 1 heterocycles. The quantitative estimate of drug-likeness (QED) is 0.730. The second kappa shape index (κ2) is 4.13. The molecule has 0 bridgehead atoms. The van der Waals surface area contributed by atoms with E-state index >= 15 is 0 Å². The summed E-state index contributed by atoms with van der Waals surface area (Å²) in [5.74, 6) is -0.515. The van der Waals surface area contributed by atoms with Crippen LogP contribution < -0.4 is 5.73 Å². The normalized spacial score (nSPS) is 9.92. The van der Waals surface area contributed by atoms with E-state index in [0.29, 0.717) is 4.88 Å². The number of carbonyl (C=O) groups excluding carboxylic acids is 2. The highest BCUT2D eigenvalue weighted by Gasteiger charge is 2.09. The molecule has 0 atom stereocenters. The number of hydrogen-bond donors (Lipinski definition) is 1. The van der Waals surface area contributed by atoms with Crippen LogP contribution in [0.15, 0.2) is 6.20 Å². The van der Waals surface area contributed by atoms with E-state index in [-0.39, 0.29) is 18.6 Å². The van der Waals surface area contributed by atoms with Crippen LogP contribution in [-0.2, 0) is 4.79 Å². The fourth-order valence-electron chi connectivity index (χ4n) is 0.850. The van der Waals surface area contributed by atoms with Crippen LogP contribution in [0.25, 0.3) is 0 Å². The SMILES string of the molecule is Cc1ncc(C(=O)CCC(N)=O)s1. The number of nitrogens with two attached hydrogens (primary N) is 1. The zero-order chi connectivity index (χ0) is 9.84. The van der Waals surface area contributed by atoms with Crippen LogP contribution in [0.1, 0.15) is 27.5 Å². The Kier molecular flexibility index (Phi) is 3.13. The first-order chi connectivity index (χ1) is 6.09. The molecule has 0 aliphatic rings. The van der Waals surface area contributed by atoms with E-state index in [9.17, 15) is 9.59 Å². The molecule has 1 aromatic heterocycles. The van der Waals surface area contributed by atoms with Crippen LogP contribution >= 0.6 is 11.3 Å². The van der Waals surface area contributed by atoms with Gasteiger partial charge >= 0.3 is 0 Å². The predicted molar refractivity (Wildman–Crippen MR) is 49.6 cm³/mol. The third-order valence-corrected chi connectivity index (χ3v) is 2.45. The number of aromatic nitrogens is 1. The van der Waals surface area contributed by atoms with Gasteiger partial charge < -0.3 is 5.73 Å². The molecule has 0 aromatic carbocycles. The standard InChI is InChI=1S/C8H10N2O2S/c1-5-10-4-7(13-5)6(11)2-3-8(9)12/h4H,2-3H2,1H3,(H2,9,12). The van der Waals surface area contributed by atoms with Gasteiger partial charge in [0.2, 0.25) is 5.91 Å². The lowest BCUT2D eigenvalue weighted by molar-refractivity contribution is -0.117. The van der Waals surface area contributed by atoms with Crippen molar-refractivity contribution >= 4 is 23.0 Å². The fraction of sp³-hybridized carbons (Fsp3) is 0.375. The van der Waals surface area contributed by atoms with E-state index in [1.165, 1.54) is 17.5 Å². The number of Topliss-reactive ketones (excluding diaryl/α,β-unsaturated/α-hetero) is 1. The minimum atomic E-state index is -0.449. The Balaban J connectivity index is 2.54. The lowest BCUT2D eigenvalue weighted by atomic mass is 10.2. The Morgan fingerprint density at radius 2 is 2.23 bits per heavy atom. The van der Waals surface area contributed by atoms with Crippen LogP contribution in [0.5, 0.6) is 0 Å². The molecule has 0 aliphatic carbocycles. The zero-order valence-electron chi connectivity index (χ0n) is 7.24. The van der Waals surface area contributed by atoms with Crippen molar-refractivity contribution in [3.63, 3.8) is 0 Å². The maximum atomic E-state index is 11.3. The van der Waals surface area contributed by atoms with Gasteiger partial charge in [-0.25, -0.2) is 4.98 Å². The lowest BCUT2D eigenvalue weighted by Gasteiger charge is -1.92. The largest absolute Gasteiger partial charge is 0.370 e. The number of carbonyl (C=O) groups is 2. The van der Waals surface area contributed by atoms with Crippen molar-refractivity contribution in [1.29, 1.82) is 0 Å². The smallest absolute Gasteiger partial charge is 0.217 e. The van der Waals surface area contributed by atoms with Crippen LogP contribution in [0.3, 0.4) is 0 Å². The summed E-state index contributed by atoms with van der Waals surface area (Å²) >= 11 is 1.33. The van der Waals surface area contributed by atoms with Crippen LogP contribution in [-0.4, -0.2) is 16.7 Å². The number of nitrogens with zero attached hydrogens (tertiary/aromatic N) is 1. The van der Waals surface area contributed by atoms with Gasteiger partial charge in [0.1, 0.15) is 0 Å². The zero-order valence-corrected chi connectivity index (χ0v) is 8.06. The van der Waals surface area contributed by atoms with Gasteiger partial charge in [-0.15, -0.1) is 11.3 Å². The van der Waals surface area contributed by atoms with Crippen LogP contribution in [0.2, 0.25) is 0 Å². The Morgan fingerprint density at radius 1 is 1.54 bits per heavy atom. The summed E-state index contributed by atoms with van der Waals surface area (Å²) in [5, 5.41) is 0.849. The number of ketones is 1. The topological polar surface area (TPSA) is 73.1 Å². The molecule has 0 radical (unpaired) electrons. The van der Waals surface area contributed by atoms with Crippen LogP contribution in [0, 0.1) is 6.92 Å². The summed E-state index contributed by atoms with van der Waals surface area (Å²) < 4.78 is 0. The third-order valence-electron chi connectivity index (χ3n) is 1.49. The second-order valence-electron chi connectivity index (χ2n) is 2.63. The number of thiazole rings is 1. The molecule has 0 fully saturated rings. The van der Waals surface area contributed by atoms with Crippen molar-refractivity contribution in [2.24, 2.45) is 5.73 Å². The first kappa shape index (κ1) is 9.85. The molecule has 0 spiro atoms. The van der Waals surface area contributed by atoms with E-state index in [2.05, 4.69) is 4.98 Å².